The standard InChI is InChI=1S/C21H29N3O3S/c1-15-20(28-19(23-15)14-26-2)21(25)22-13-17(24-11-7-4-8-12-24)16-9-5-6-10-18(16)27-3/h5-6,9-10,17H,4,7-8,11-14H2,1-3H3,(H,22,25)/t17-/m1/s1. The number of para-hydroxylation sites is 1. The van der Waals surface area contributed by atoms with Crippen molar-refractivity contribution in [2.45, 2.75) is 38.8 Å². The second-order valence-corrected chi connectivity index (χ2v) is 8.10. The summed E-state index contributed by atoms with van der Waals surface area (Å²) in [4.78, 5) is 20.4. The number of hydrogen-bond donors (Lipinski definition) is 1. The summed E-state index contributed by atoms with van der Waals surface area (Å²) in [6, 6.07) is 8.18. The van der Waals surface area contributed by atoms with Gasteiger partial charge in [-0.15, -0.1) is 11.3 Å². The molecule has 1 aromatic carbocycles. The average molecular weight is 404 g/mol. The van der Waals surface area contributed by atoms with E-state index in [0.717, 1.165) is 35.1 Å². The van der Waals surface area contributed by atoms with Gasteiger partial charge in [0.2, 0.25) is 0 Å². The molecule has 0 aliphatic carbocycles. The summed E-state index contributed by atoms with van der Waals surface area (Å²) >= 11 is 1.40. The zero-order valence-corrected chi connectivity index (χ0v) is 17.7. The number of hydrogen-bond acceptors (Lipinski definition) is 6. The molecular weight excluding hydrogens is 374 g/mol. The zero-order valence-electron chi connectivity index (χ0n) is 16.9. The fourth-order valence-electron chi connectivity index (χ4n) is 3.73. The number of thiazole rings is 1. The summed E-state index contributed by atoms with van der Waals surface area (Å²) in [5.41, 5.74) is 1.87. The van der Waals surface area contributed by atoms with Gasteiger partial charge in [0.15, 0.2) is 0 Å². The van der Waals surface area contributed by atoms with Gasteiger partial charge in [0.25, 0.3) is 5.91 Å². The average Bonchev–Trinajstić information content (AvgIpc) is 3.09. The largest absolute Gasteiger partial charge is 0.496 e. The third-order valence-electron chi connectivity index (χ3n) is 5.10. The van der Waals surface area contributed by atoms with Gasteiger partial charge >= 0.3 is 0 Å². The molecule has 1 amide bonds. The molecule has 6 nitrogen and oxygen atoms in total. The van der Waals surface area contributed by atoms with Crippen LogP contribution in [0.1, 0.15) is 51.2 Å². The van der Waals surface area contributed by atoms with Crippen molar-refractivity contribution >= 4 is 17.2 Å². The van der Waals surface area contributed by atoms with Gasteiger partial charge in [-0.25, -0.2) is 4.98 Å². The van der Waals surface area contributed by atoms with Gasteiger partial charge in [0.05, 0.1) is 25.5 Å². The SMILES string of the molecule is COCc1nc(C)c(C(=O)NC[C@H](c2ccccc2OC)N2CCCCC2)s1. The number of nitrogens with one attached hydrogen (secondary N) is 1. The van der Waals surface area contributed by atoms with Crippen molar-refractivity contribution in [1.29, 1.82) is 0 Å². The molecule has 1 saturated heterocycles. The first-order valence-corrected chi connectivity index (χ1v) is 10.6. The lowest BCUT2D eigenvalue weighted by molar-refractivity contribution is 0.0926. The van der Waals surface area contributed by atoms with Crippen LogP contribution in [0.3, 0.4) is 0 Å². The highest BCUT2D eigenvalue weighted by Gasteiger charge is 2.26. The predicted molar refractivity (Wildman–Crippen MR) is 111 cm³/mol. The number of carbonyl (C=O) groups is 1. The number of methoxy groups -OCH3 is 2. The lowest BCUT2D eigenvalue weighted by Crippen LogP contribution is -2.40. The van der Waals surface area contributed by atoms with Gasteiger partial charge in [0, 0.05) is 19.2 Å². The molecule has 1 aromatic heterocycles. The van der Waals surface area contributed by atoms with E-state index in [-0.39, 0.29) is 11.9 Å². The van der Waals surface area contributed by atoms with Gasteiger partial charge in [-0.05, 0) is 38.9 Å². The van der Waals surface area contributed by atoms with Crippen molar-refractivity contribution in [3.8, 4) is 5.75 Å². The van der Waals surface area contributed by atoms with E-state index in [1.807, 2.05) is 25.1 Å². The van der Waals surface area contributed by atoms with Crippen LogP contribution < -0.4 is 10.1 Å². The lowest BCUT2D eigenvalue weighted by atomic mass is 10.0. The Morgan fingerprint density at radius 3 is 2.71 bits per heavy atom. The molecule has 1 fully saturated rings. The minimum absolute atomic E-state index is 0.0748. The van der Waals surface area contributed by atoms with Crippen molar-refractivity contribution in [2.24, 2.45) is 0 Å². The second-order valence-electron chi connectivity index (χ2n) is 7.02. The number of carbonyl (C=O) groups excluding carboxylic acids is 1. The number of aryl methyl sites for hydroxylation is 1. The van der Waals surface area contributed by atoms with Crippen molar-refractivity contribution in [1.82, 2.24) is 15.2 Å². The van der Waals surface area contributed by atoms with Crippen LogP contribution in [0.2, 0.25) is 0 Å². The van der Waals surface area contributed by atoms with Crippen molar-refractivity contribution in [3.05, 3.63) is 45.4 Å². The molecule has 152 valence electrons. The molecule has 7 heteroatoms. The van der Waals surface area contributed by atoms with E-state index < -0.39 is 0 Å². The highest BCUT2D eigenvalue weighted by Crippen LogP contribution is 2.31. The fraction of sp³-hybridized carbons (Fsp3) is 0.524. The van der Waals surface area contributed by atoms with Crippen molar-refractivity contribution < 1.29 is 14.3 Å². The zero-order chi connectivity index (χ0) is 19.9. The highest BCUT2D eigenvalue weighted by atomic mass is 32.1. The third kappa shape index (κ3) is 4.90. The quantitative estimate of drug-likeness (QED) is 0.730. The first-order valence-electron chi connectivity index (χ1n) is 9.74. The number of rotatable bonds is 8. The van der Waals surface area contributed by atoms with Crippen LogP contribution in [-0.2, 0) is 11.3 Å². The van der Waals surface area contributed by atoms with Crippen LogP contribution in [-0.4, -0.2) is 49.6 Å². The van der Waals surface area contributed by atoms with Crippen molar-refractivity contribution in [2.75, 3.05) is 33.9 Å². The number of likely N-dealkylation sites (tertiary alicyclic amines) is 1. The Labute approximate surface area is 170 Å². The van der Waals surface area contributed by atoms with E-state index in [1.54, 1.807) is 14.2 Å². The molecule has 0 saturated carbocycles. The number of amides is 1. The molecule has 1 aliphatic rings. The highest BCUT2D eigenvalue weighted by molar-refractivity contribution is 7.13. The van der Waals surface area contributed by atoms with Crippen molar-refractivity contribution in [3.63, 3.8) is 0 Å². The smallest absolute Gasteiger partial charge is 0.263 e. The van der Waals surface area contributed by atoms with Crippen LogP contribution in [0.5, 0.6) is 5.75 Å². The monoisotopic (exact) mass is 403 g/mol. The van der Waals surface area contributed by atoms with Crippen LogP contribution >= 0.6 is 11.3 Å². The molecule has 3 rings (SSSR count). The molecule has 28 heavy (non-hydrogen) atoms. The number of nitrogens with zero attached hydrogens (tertiary/aromatic N) is 2. The van der Waals surface area contributed by atoms with Crippen LogP contribution in [0.4, 0.5) is 0 Å². The summed E-state index contributed by atoms with van der Waals surface area (Å²) in [5, 5.41) is 3.96. The van der Waals surface area contributed by atoms with Gasteiger partial charge in [0.1, 0.15) is 15.6 Å². The van der Waals surface area contributed by atoms with Crippen LogP contribution in [0, 0.1) is 6.92 Å². The van der Waals surface area contributed by atoms with Gasteiger partial charge in [-0.1, -0.05) is 24.6 Å². The Bertz CT molecular complexity index is 787. The van der Waals surface area contributed by atoms with E-state index in [0.29, 0.717) is 18.0 Å². The number of ether oxygens (including phenoxy) is 2. The Hall–Kier alpha value is -1.96. The minimum atomic E-state index is -0.0748. The van der Waals surface area contributed by atoms with E-state index >= 15 is 0 Å². The normalized spacial score (nSPS) is 16.0. The van der Waals surface area contributed by atoms with E-state index in [2.05, 4.69) is 21.3 Å². The summed E-state index contributed by atoms with van der Waals surface area (Å²) < 4.78 is 10.7. The van der Waals surface area contributed by atoms with Crippen LogP contribution in [0.15, 0.2) is 24.3 Å². The Balaban J connectivity index is 1.77. The summed E-state index contributed by atoms with van der Waals surface area (Å²) in [5.74, 6) is 0.790. The molecular formula is C21H29N3O3S. The first kappa shape index (κ1) is 20.8. The first-order chi connectivity index (χ1) is 13.6. The minimum Gasteiger partial charge on any atom is -0.496 e. The second kappa shape index (κ2) is 10.0. The van der Waals surface area contributed by atoms with Gasteiger partial charge in [-0.3, -0.25) is 9.69 Å². The maximum atomic E-state index is 12.8. The summed E-state index contributed by atoms with van der Waals surface area (Å²) in [6.07, 6.45) is 3.64. The number of benzene rings is 1. The maximum absolute atomic E-state index is 12.8. The lowest BCUT2D eigenvalue weighted by Gasteiger charge is -2.35. The molecule has 0 bridgehead atoms. The third-order valence-corrected chi connectivity index (χ3v) is 6.23. The van der Waals surface area contributed by atoms with E-state index in [1.165, 1.54) is 30.6 Å². The molecule has 2 heterocycles. The van der Waals surface area contributed by atoms with E-state index in [9.17, 15) is 4.79 Å². The Morgan fingerprint density at radius 2 is 2.00 bits per heavy atom. The van der Waals surface area contributed by atoms with Crippen LogP contribution in [0.25, 0.3) is 0 Å². The molecule has 1 atom stereocenters. The molecule has 0 spiro atoms. The van der Waals surface area contributed by atoms with E-state index in [4.69, 9.17) is 9.47 Å². The topological polar surface area (TPSA) is 63.7 Å². The summed E-state index contributed by atoms with van der Waals surface area (Å²) in [6.45, 7) is 4.91. The number of aromatic nitrogens is 1. The maximum Gasteiger partial charge on any atom is 0.263 e. The molecule has 1 aliphatic heterocycles. The number of piperidine rings is 1. The molecule has 2 aromatic rings. The molecule has 1 N–H and O–H groups in total. The Morgan fingerprint density at radius 1 is 1.25 bits per heavy atom. The summed E-state index contributed by atoms with van der Waals surface area (Å²) in [7, 11) is 3.33. The predicted octanol–water partition coefficient (Wildman–Crippen LogP) is 3.56. The molecule has 0 unspecified atom stereocenters. The molecule has 0 radical (unpaired) electrons. The van der Waals surface area contributed by atoms with Gasteiger partial charge < -0.3 is 14.8 Å². The van der Waals surface area contributed by atoms with Gasteiger partial charge in [-0.2, -0.15) is 0 Å². The Kier molecular flexibility index (Phi) is 7.42. The fourth-order valence-corrected chi connectivity index (χ4v) is 4.68.